The molecule has 1 atom stereocenters. The fraction of sp³-hybridized carbons (Fsp3) is 0.214. The molecule has 2 nitrogen and oxygen atoms in total. The van der Waals surface area contributed by atoms with E-state index in [2.05, 4.69) is 10.3 Å². The minimum absolute atomic E-state index is 0.000763. The van der Waals surface area contributed by atoms with Crippen molar-refractivity contribution in [3.63, 3.8) is 0 Å². The van der Waals surface area contributed by atoms with E-state index in [1.165, 1.54) is 0 Å². The van der Waals surface area contributed by atoms with E-state index < -0.39 is 17.5 Å². The number of pyridine rings is 1. The van der Waals surface area contributed by atoms with Crippen LogP contribution in [0, 0.1) is 17.5 Å². The summed E-state index contributed by atoms with van der Waals surface area (Å²) in [5, 5.41) is 3.11. The Labute approximate surface area is 109 Å². The van der Waals surface area contributed by atoms with Gasteiger partial charge in [-0.25, -0.2) is 13.2 Å². The van der Waals surface area contributed by atoms with Gasteiger partial charge in [0.1, 0.15) is 0 Å². The predicted octanol–water partition coefficient (Wildman–Crippen LogP) is 3.35. The zero-order valence-corrected chi connectivity index (χ0v) is 10.3. The molecular weight excluding hydrogens is 253 g/mol. The standard InChI is InChI=1S/C14H13F3N2/c1-9(11-2-4-18-5-3-11)19-8-10-6-12(15)14(17)13(16)7-10/h2-7,9,19H,8H2,1H3/t9-/m0/s1. The maximum absolute atomic E-state index is 13.0. The summed E-state index contributed by atoms with van der Waals surface area (Å²) in [5.41, 5.74) is 1.37. The lowest BCUT2D eigenvalue weighted by Crippen LogP contribution is -2.18. The highest BCUT2D eigenvalue weighted by Crippen LogP contribution is 2.15. The van der Waals surface area contributed by atoms with E-state index >= 15 is 0 Å². The second-order valence-electron chi connectivity index (χ2n) is 4.26. The lowest BCUT2D eigenvalue weighted by molar-refractivity contribution is 0.443. The molecule has 100 valence electrons. The van der Waals surface area contributed by atoms with E-state index in [9.17, 15) is 13.2 Å². The quantitative estimate of drug-likeness (QED) is 0.858. The molecule has 0 unspecified atom stereocenters. The van der Waals surface area contributed by atoms with Gasteiger partial charge in [0.2, 0.25) is 0 Å². The van der Waals surface area contributed by atoms with Gasteiger partial charge in [-0.2, -0.15) is 0 Å². The number of benzene rings is 1. The number of hydrogen-bond acceptors (Lipinski definition) is 2. The van der Waals surface area contributed by atoms with E-state index in [1.807, 2.05) is 19.1 Å². The predicted molar refractivity (Wildman–Crippen MR) is 65.8 cm³/mol. The van der Waals surface area contributed by atoms with Crippen LogP contribution in [0.1, 0.15) is 24.1 Å². The molecule has 1 N–H and O–H groups in total. The van der Waals surface area contributed by atoms with Gasteiger partial charge in [0.15, 0.2) is 17.5 Å². The fourth-order valence-electron chi connectivity index (χ4n) is 1.75. The minimum Gasteiger partial charge on any atom is -0.306 e. The van der Waals surface area contributed by atoms with Crippen LogP contribution < -0.4 is 5.32 Å². The molecule has 1 heterocycles. The SMILES string of the molecule is C[C@H](NCc1cc(F)c(F)c(F)c1)c1ccncc1. The first-order valence-corrected chi connectivity index (χ1v) is 5.84. The molecule has 0 radical (unpaired) electrons. The van der Waals surface area contributed by atoms with Crippen LogP contribution in [0.2, 0.25) is 0 Å². The van der Waals surface area contributed by atoms with Gasteiger partial charge < -0.3 is 5.32 Å². The Morgan fingerprint density at radius 1 is 1.11 bits per heavy atom. The Hall–Kier alpha value is -1.88. The van der Waals surface area contributed by atoms with Crippen LogP contribution >= 0.6 is 0 Å². The third-order valence-corrected chi connectivity index (χ3v) is 2.86. The maximum atomic E-state index is 13.0. The van der Waals surface area contributed by atoms with Crippen LogP contribution in [0.3, 0.4) is 0 Å². The van der Waals surface area contributed by atoms with Crippen molar-refractivity contribution in [3.05, 3.63) is 65.2 Å². The average Bonchev–Trinajstić information content (AvgIpc) is 2.43. The third kappa shape index (κ3) is 3.32. The van der Waals surface area contributed by atoms with E-state index in [0.29, 0.717) is 5.56 Å². The summed E-state index contributed by atoms with van der Waals surface area (Å²) in [6, 6.07) is 5.68. The second kappa shape index (κ2) is 5.84. The highest BCUT2D eigenvalue weighted by molar-refractivity contribution is 5.20. The monoisotopic (exact) mass is 266 g/mol. The van der Waals surface area contributed by atoms with Gasteiger partial charge >= 0.3 is 0 Å². The molecule has 0 aliphatic carbocycles. The van der Waals surface area contributed by atoms with Crippen molar-refractivity contribution in [1.82, 2.24) is 10.3 Å². The Kier molecular flexibility index (Phi) is 4.16. The summed E-state index contributed by atoms with van der Waals surface area (Å²) in [6.45, 7) is 2.17. The molecule has 5 heteroatoms. The molecule has 0 amide bonds. The normalized spacial score (nSPS) is 12.4. The van der Waals surface area contributed by atoms with Crippen molar-refractivity contribution in [2.45, 2.75) is 19.5 Å². The highest BCUT2D eigenvalue weighted by Gasteiger charge is 2.11. The molecular formula is C14H13F3N2. The van der Waals surface area contributed by atoms with Gasteiger partial charge in [-0.15, -0.1) is 0 Å². The van der Waals surface area contributed by atoms with Gasteiger partial charge in [-0.05, 0) is 42.3 Å². The second-order valence-corrected chi connectivity index (χ2v) is 4.26. The van der Waals surface area contributed by atoms with Crippen LogP contribution in [0.15, 0.2) is 36.7 Å². The fourth-order valence-corrected chi connectivity index (χ4v) is 1.75. The molecule has 1 aromatic heterocycles. The van der Waals surface area contributed by atoms with E-state index in [4.69, 9.17) is 0 Å². The molecule has 0 aliphatic heterocycles. The first-order valence-electron chi connectivity index (χ1n) is 5.84. The molecule has 19 heavy (non-hydrogen) atoms. The Morgan fingerprint density at radius 2 is 1.68 bits per heavy atom. The van der Waals surface area contributed by atoms with E-state index in [0.717, 1.165) is 17.7 Å². The molecule has 0 fully saturated rings. The third-order valence-electron chi connectivity index (χ3n) is 2.86. The molecule has 1 aromatic carbocycles. The average molecular weight is 266 g/mol. The highest BCUT2D eigenvalue weighted by atomic mass is 19.2. The van der Waals surface area contributed by atoms with Crippen molar-refractivity contribution < 1.29 is 13.2 Å². The van der Waals surface area contributed by atoms with E-state index in [1.54, 1.807) is 12.4 Å². The van der Waals surface area contributed by atoms with Crippen LogP contribution in [0.5, 0.6) is 0 Å². The first-order chi connectivity index (χ1) is 9.08. The molecule has 0 spiro atoms. The number of rotatable bonds is 4. The van der Waals surface area contributed by atoms with Crippen molar-refractivity contribution >= 4 is 0 Å². The van der Waals surface area contributed by atoms with Gasteiger partial charge in [0.05, 0.1) is 0 Å². The smallest absolute Gasteiger partial charge is 0.194 e. The van der Waals surface area contributed by atoms with Gasteiger partial charge in [-0.1, -0.05) is 0 Å². The lowest BCUT2D eigenvalue weighted by Gasteiger charge is -2.14. The van der Waals surface area contributed by atoms with Gasteiger partial charge in [0.25, 0.3) is 0 Å². The van der Waals surface area contributed by atoms with Crippen molar-refractivity contribution in [2.24, 2.45) is 0 Å². The zero-order chi connectivity index (χ0) is 13.8. The topological polar surface area (TPSA) is 24.9 Å². The maximum Gasteiger partial charge on any atom is 0.194 e. The minimum atomic E-state index is -1.44. The van der Waals surface area contributed by atoms with Crippen LogP contribution in [0.25, 0.3) is 0 Å². The summed E-state index contributed by atoms with van der Waals surface area (Å²) < 4.78 is 38.9. The first kappa shape index (κ1) is 13.5. The molecule has 2 rings (SSSR count). The van der Waals surface area contributed by atoms with Crippen molar-refractivity contribution in [3.8, 4) is 0 Å². The largest absolute Gasteiger partial charge is 0.306 e. The van der Waals surface area contributed by atoms with Crippen LogP contribution in [-0.2, 0) is 6.54 Å². The summed E-state index contributed by atoms with van der Waals surface area (Å²) in [5.74, 6) is -3.78. The van der Waals surface area contributed by atoms with Gasteiger partial charge in [-0.3, -0.25) is 4.98 Å². The number of halogens is 3. The molecule has 0 bridgehead atoms. The summed E-state index contributed by atoms with van der Waals surface area (Å²) >= 11 is 0. The number of nitrogens with one attached hydrogen (secondary N) is 1. The van der Waals surface area contributed by atoms with Crippen molar-refractivity contribution in [1.29, 1.82) is 0 Å². The van der Waals surface area contributed by atoms with Gasteiger partial charge in [0, 0.05) is 25.0 Å². The molecule has 0 saturated carbocycles. The van der Waals surface area contributed by atoms with Crippen LogP contribution in [0.4, 0.5) is 13.2 Å². The summed E-state index contributed by atoms with van der Waals surface area (Å²) in [4.78, 5) is 3.91. The molecule has 2 aromatic rings. The van der Waals surface area contributed by atoms with Crippen molar-refractivity contribution in [2.75, 3.05) is 0 Å². The lowest BCUT2D eigenvalue weighted by atomic mass is 10.1. The zero-order valence-electron chi connectivity index (χ0n) is 10.3. The molecule has 0 aliphatic rings. The van der Waals surface area contributed by atoms with E-state index in [-0.39, 0.29) is 12.6 Å². The Bertz CT molecular complexity index is 535. The number of nitrogens with zero attached hydrogens (tertiary/aromatic N) is 1. The summed E-state index contributed by atoms with van der Waals surface area (Å²) in [7, 11) is 0. The summed E-state index contributed by atoms with van der Waals surface area (Å²) in [6.07, 6.45) is 3.34. The Balaban J connectivity index is 2.03. The number of aromatic nitrogens is 1. The van der Waals surface area contributed by atoms with Crippen LogP contribution in [-0.4, -0.2) is 4.98 Å². The molecule has 0 saturated heterocycles. The Morgan fingerprint density at radius 3 is 2.26 bits per heavy atom. The number of hydrogen-bond donors (Lipinski definition) is 1.